The molecule has 5 nitrogen and oxygen atoms in total. The average molecular weight is 278 g/mol. The molecule has 1 aromatic heterocycles. The highest BCUT2D eigenvalue weighted by atomic mass is 16.5. The van der Waals surface area contributed by atoms with E-state index in [-0.39, 0.29) is 0 Å². The van der Waals surface area contributed by atoms with Gasteiger partial charge < -0.3 is 19.9 Å². The van der Waals surface area contributed by atoms with E-state index in [4.69, 9.17) is 4.74 Å². The zero-order valence-corrected chi connectivity index (χ0v) is 12.3. The lowest BCUT2D eigenvalue weighted by molar-refractivity contribution is -0.264. The highest BCUT2D eigenvalue weighted by Gasteiger charge is 2.38. The van der Waals surface area contributed by atoms with Crippen LogP contribution in [0.1, 0.15) is 24.8 Å². The van der Waals surface area contributed by atoms with Crippen LogP contribution in [-0.4, -0.2) is 47.2 Å². The van der Waals surface area contributed by atoms with Gasteiger partial charge in [-0.2, -0.15) is 0 Å². The fourth-order valence-corrected chi connectivity index (χ4v) is 2.64. The van der Waals surface area contributed by atoms with E-state index >= 15 is 0 Å². The van der Waals surface area contributed by atoms with Crippen molar-refractivity contribution in [3.63, 3.8) is 0 Å². The van der Waals surface area contributed by atoms with Gasteiger partial charge in [0.2, 0.25) is 5.91 Å². The Balaban J connectivity index is 2.61. The van der Waals surface area contributed by atoms with Crippen molar-refractivity contribution in [2.45, 2.75) is 25.2 Å². The molecule has 5 heteroatoms. The highest BCUT2D eigenvalue weighted by molar-refractivity contribution is 5.89. The molecule has 1 atom stereocenters. The first-order chi connectivity index (χ1) is 9.43. The second-order valence-electron chi connectivity index (χ2n) is 5.17. The number of hydrogen-bond acceptors (Lipinski definition) is 4. The molecule has 0 aliphatic heterocycles. The second-order valence-corrected chi connectivity index (χ2v) is 5.17. The molecule has 2 aromatic rings. The summed E-state index contributed by atoms with van der Waals surface area (Å²) in [5.41, 5.74) is 1.77. The molecule has 1 aromatic carbocycles. The van der Waals surface area contributed by atoms with Crippen molar-refractivity contribution in [2.75, 3.05) is 21.2 Å². The summed E-state index contributed by atoms with van der Waals surface area (Å²) in [4.78, 5) is 4.58. The van der Waals surface area contributed by atoms with Crippen LogP contribution in [0, 0.1) is 0 Å². The lowest BCUT2D eigenvalue weighted by Gasteiger charge is -2.36. The largest absolute Gasteiger partial charge is 0.496 e. The number of likely N-dealkylation sites (N-methyl/N-ethyl adjacent to an activating group) is 1. The Kier molecular flexibility index (Phi) is 4.04. The number of aromatic amines is 1. The van der Waals surface area contributed by atoms with Crippen LogP contribution in [0.5, 0.6) is 5.75 Å². The predicted octanol–water partition coefficient (Wildman–Crippen LogP) is 1.87. The van der Waals surface area contributed by atoms with Gasteiger partial charge >= 0.3 is 0 Å². The van der Waals surface area contributed by atoms with Crippen LogP contribution in [0.2, 0.25) is 0 Å². The molecule has 1 unspecified atom stereocenters. The van der Waals surface area contributed by atoms with Gasteiger partial charge in [0, 0.05) is 17.1 Å². The predicted molar refractivity (Wildman–Crippen MR) is 78.7 cm³/mol. The van der Waals surface area contributed by atoms with Crippen LogP contribution < -0.4 is 4.74 Å². The molecule has 2 rings (SSSR count). The zero-order valence-electron chi connectivity index (χ0n) is 12.3. The van der Waals surface area contributed by atoms with E-state index in [1.807, 2.05) is 31.3 Å². The van der Waals surface area contributed by atoms with Crippen LogP contribution in [-0.2, 0) is 0 Å². The number of aromatic nitrogens is 1. The van der Waals surface area contributed by atoms with E-state index < -0.39 is 11.8 Å². The minimum atomic E-state index is -1.91. The Morgan fingerprint density at radius 3 is 2.60 bits per heavy atom. The molecule has 0 aliphatic carbocycles. The van der Waals surface area contributed by atoms with E-state index in [1.54, 1.807) is 21.2 Å². The van der Waals surface area contributed by atoms with Crippen molar-refractivity contribution < 1.29 is 14.9 Å². The lowest BCUT2D eigenvalue weighted by Crippen LogP contribution is -2.49. The Labute approximate surface area is 118 Å². The van der Waals surface area contributed by atoms with Crippen LogP contribution in [0.3, 0.4) is 0 Å². The van der Waals surface area contributed by atoms with Gasteiger partial charge in [-0.15, -0.1) is 0 Å². The Morgan fingerprint density at radius 2 is 2.05 bits per heavy atom. The number of methoxy groups -OCH3 is 1. The quantitative estimate of drug-likeness (QED) is 0.730. The number of hydrogen-bond donors (Lipinski definition) is 3. The summed E-state index contributed by atoms with van der Waals surface area (Å²) in [6.07, 6.45) is 2.42. The van der Waals surface area contributed by atoms with Crippen molar-refractivity contribution in [3.05, 3.63) is 30.0 Å². The first-order valence-electron chi connectivity index (χ1n) is 6.69. The fraction of sp³-hybridized carbons (Fsp3) is 0.467. The molecule has 0 aliphatic rings. The zero-order chi connectivity index (χ0) is 14.9. The molecule has 0 saturated heterocycles. The van der Waals surface area contributed by atoms with Crippen LogP contribution in [0.15, 0.2) is 24.4 Å². The van der Waals surface area contributed by atoms with Gasteiger partial charge in [-0.05, 0) is 38.2 Å². The Hall–Kier alpha value is -1.56. The van der Waals surface area contributed by atoms with Gasteiger partial charge in [-0.1, -0.05) is 13.0 Å². The number of rotatable bonds is 5. The van der Waals surface area contributed by atoms with Gasteiger partial charge in [0.25, 0.3) is 0 Å². The van der Waals surface area contributed by atoms with E-state index in [1.165, 1.54) is 4.90 Å². The van der Waals surface area contributed by atoms with Gasteiger partial charge in [0.05, 0.1) is 13.0 Å². The molecule has 0 fully saturated rings. The maximum absolute atomic E-state index is 10.4. The highest BCUT2D eigenvalue weighted by Crippen LogP contribution is 2.39. The average Bonchev–Trinajstić information content (AvgIpc) is 2.83. The standard InChI is InChI=1S/C15H22N2O3/c1-5-11(15(18,19)17(2)3)10-9-16-12-7-6-8-13(20-4)14(10)12/h6-9,11,16,18-19H,5H2,1-4H3. The smallest absolute Gasteiger partial charge is 0.231 e. The minimum absolute atomic E-state index is 0.442. The van der Waals surface area contributed by atoms with E-state index in [2.05, 4.69) is 4.98 Å². The van der Waals surface area contributed by atoms with Crippen molar-refractivity contribution >= 4 is 10.9 Å². The van der Waals surface area contributed by atoms with Crippen molar-refractivity contribution in [2.24, 2.45) is 0 Å². The summed E-state index contributed by atoms with van der Waals surface area (Å²) < 4.78 is 5.40. The van der Waals surface area contributed by atoms with E-state index in [9.17, 15) is 10.2 Å². The summed E-state index contributed by atoms with van der Waals surface area (Å²) in [6, 6.07) is 5.72. The number of nitrogens with zero attached hydrogens (tertiary/aromatic N) is 1. The summed E-state index contributed by atoms with van der Waals surface area (Å²) in [7, 11) is 4.91. The summed E-state index contributed by atoms with van der Waals surface area (Å²) in [5, 5.41) is 21.6. The Morgan fingerprint density at radius 1 is 1.35 bits per heavy atom. The van der Waals surface area contributed by atoms with Crippen molar-refractivity contribution in [1.82, 2.24) is 9.88 Å². The number of aliphatic hydroxyl groups is 2. The summed E-state index contributed by atoms with van der Waals surface area (Å²) in [6.45, 7) is 1.93. The first kappa shape index (κ1) is 14.8. The molecule has 110 valence electrons. The van der Waals surface area contributed by atoms with E-state index in [0.29, 0.717) is 6.42 Å². The van der Waals surface area contributed by atoms with Gasteiger partial charge in [-0.3, -0.25) is 4.90 Å². The van der Waals surface area contributed by atoms with Crippen molar-refractivity contribution in [1.29, 1.82) is 0 Å². The van der Waals surface area contributed by atoms with Crippen LogP contribution in [0.25, 0.3) is 10.9 Å². The van der Waals surface area contributed by atoms with Crippen molar-refractivity contribution in [3.8, 4) is 5.75 Å². The third-order valence-corrected chi connectivity index (χ3v) is 3.83. The monoisotopic (exact) mass is 278 g/mol. The molecule has 0 amide bonds. The second kappa shape index (κ2) is 5.44. The third-order valence-electron chi connectivity index (χ3n) is 3.83. The normalized spacial score (nSPS) is 13.9. The molecule has 0 saturated carbocycles. The molecule has 3 N–H and O–H groups in total. The maximum atomic E-state index is 10.4. The van der Waals surface area contributed by atoms with Gasteiger partial charge in [0.15, 0.2) is 0 Å². The number of fused-ring (bicyclic) bond motifs is 1. The number of benzene rings is 1. The van der Waals surface area contributed by atoms with Gasteiger partial charge in [0.1, 0.15) is 5.75 Å². The van der Waals surface area contributed by atoms with Crippen LogP contribution in [0.4, 0.5) is 0 Å². The minimum Gasteiger partial charge on any atom is -0.496 e. The number of H-pyrrole nitrogens is 1. The molecule has 20 heavy (non-hydrogen) atoms. The number of nitrogens with one attached hydrogen (secondary N) is 1. The first-order valence-corrected chi connectivity index (χ1v) is 6.69. The fourth-order valence-electron chi connectivity index (χ4n) is 2.64. The molecule has 0 spiro atoms. The van der Waals surface area contributed by atoms with Crippen LogP contribution >= 0.6 is 0 Å². The molecule has 0 bridgehead atoms. The Bertz CT molecular complexity index is 590. The van der Waals surface area contributed by atoms with E-state index in [0.717, 1.165) is 22.2 Å². The third kappa shape index (κ3) is 2.28. The maximum Gasteiger partial charge on any atom is 0.231 e. The lowest BCUT2D eigenvalue weighted by atomic mass is 9.91. The van der Waals surface area contributed by atoms with Gasteiger partial charge in [-0.25, -0.2) is 0 Å². The molecule has 1 heterocycles. The topological polar surface area (TPSA) is 68.7 Å². The molecular formula is C15H22N2O3. The molecule has 0 radical (unpaired) electrons. The summed E-state index contributed by atoms with van der Waals surface area (Å²) in [5.74, 6) is -1.63. The molecular weight excluding hydrogens is 256 g/mol. The number of ether oxygens (including phenoxy) is 1. The SMILES string of the molecule is CCC(c1c[nH]c2cccc(OC)c12)C(O)(O)N(C)C. The summed E-state index contributed by atoms with van der Waals surface area (Å²) >= 11 is 0.